The molecule has 2 fully saturated rings. The van der Waals surface area contributed by atoms with Gasteiger partial charge in [-0.2, -0.15) is 17.0 Å². The van der Waals surface area contributed by atoms with E-state index in [1.807, 2.05) is 24.3 Å². The SMILES string of the molecule is CC1CCCN(S(=O)(=O)N2CCNCC2c2cccc(Cl)c2)C1. The number of hydrogen-bond donors (Lipinski definition) is 1. The fraction of sp³-hybridized carbons (Fsp3) is 0.625. The fourth-order valence-electron chi connectivity index (χ4n) is 3.46. The first-order chi connectivity index (χ1) is 11.0. The predicted octanol–water partition coefficient (Wildman–Crippen LogP) is 2.26. The number of piperidine rings is 1. The number of nitrogens with one attached hydrogen (secondary N) is 1. The zero-order chi connectivity index (χ0) is 16.4. The van der Waals surface area contributed by atoms with Crippen molar-refractivity contribution in [2.24, 2.45) is 5.92 Å². The lowest BCUT2D eigenvalue weighted by Crippen LogP contribution is -2.54. The summed E-state index contributed by atoms with van der Waals surface area (Å²) < 4.78 is 29.6. The van der Waals surface area contributed by atoms with Crippen LogP contribution in [0.1, 0.15) is 31.4 Å². The minimum absolute atomic E-state index is 0.204. The molecule has 3 rings (SSSR count). The van der Waals surface area contributed by atoms with Gasteiger partial charge >= 0.3 is 0 Å². The van der Waals surface area contributed by atoms with E-state index in [0.29, 0.717) is 43.7 Å². The molecule has 5 nitrogen and oxygen atoms in total. The Balaban J connectivity index is 1.88. The Bertz CT molecular complexity index is 652. The Kier molecular flexibility index (Phi) is 5.28. The van der Waals surface area contributed by atoms with Gasteiger partial charge in [0.05, 0.1) is 6.04 Å². The second-order valence-corrected chi connectivity index (χ2v) is 8.82. The Morgan fingerprint density at radius 3 is 2.87 bits per heavy atom. The van der Waals surface area contributed by atoms with E-state index in [4.69, 9.17) is 11.6 Å². The first-order valence-electron chi connectivity index (χ1n) is 8.21. The molecule has 23 heavy (non-hydrogen) atoms. The van der Waals surface area contributed by atoms with E-state index in [9.17, 15) is 8.42 Å². The standard InChI is InChI=1S/C16H24ClN3O2S/c1-13-4-3-8-19(12-13)23(21,22)20-9-7-18-11-16(20)14-5-2-6-15(17)10-14/h2,5-6,10,13,16,18H,3-4,7-9,11-12H2,1H3. The van der Waals surface area contributed by atoms with Gasteiger partial charge in [-0.3, -0.25) is 0 Å². The molecule has 2 aliphatic rings. The van der Waals surface area contributed by atoms with Crippen LogP contribution >= 0.6 is 11.6 Å². The summed E-state index contributed by atoms with van der Waals surface area (Å²) in [6.45, 7) is 5.15. The van der Waals surface area contributed by atoms with Crippen LogP contribution in [0.5, 0.6) is 0 Å². The van der Waals surface area contributed by atoms with Crippen molar-refractivity contribution in [3.63, 3.8) is 0 Å². The Labute approximate surface area is 143 Å². The molecule has 0 spiro atoms. The van der Waals surface area contributed by atoms with Crippen LogP contribution in [0, 0.1) is 5.92 Å². The summed E-state index contributed by atoms with van der Waals surface area (Å²) in [7, 11) is -3.44. The highest BCUT2D eigenvalue weighted by atomic mass is 35.5. The van der Waals surface area contributed by atoms with Gasteiger partial charge in [0.15, 0.2) is 0 Å². The molecule has 1 aromatic rings. The summed E-state index contributed by atoms with van der Waals surface area (Å²) in [4.78, 5) is 0. The Hall–Kier alpha value is -0.660. The molecule has 2 atom stereocenters. The normalized spacial score (nSPS) is 27.9. The molecule has 1 aromatic carbocycles. The average molecular weight is 358 g/mol. The summed E-state index contributed by atoms with van der Waals surface area (Å²) in [6.07, 6.45) is 2.04. The minimum Gasteiger partial charge on any atom is -0.313 e. The molecule has 2 unspecified atom stereocenters. The summed E-state index contributed by atoms with van der Waals surface area (Å²) >= 11 is 6.10. The Morgan fingerprint density at radius 2 is 2.13 bits per heavy atom. The van der Waals surface area contributed by atoms with Crippen molar-refractivity contribution in [1.82, 2.24) is 13.9 Å². The van der Waals surface area contributed by atoms with Crippen LogP contribution < -0.4 is 5.32 Å². The van der Waals surface area contributed by atoms with E-state index in [-0.39, 0.29) is 6.04 Å². The molecule has 0 saturated carbocycles. The van der Waals surface area contributed by atoms with Gasteiger partial charge in [-0.25, -0.2) is 0 Å². The van der Waals surface area contributed by atoms with Crippen LogP contribution in [0.4, 0.5) is 0 Å². The molecule has 2 heterocycles. The van der Waals surface area contributed by atoms with E-state index >= 15 is 0 Å². The maximum absolute atomic E-state index is 13.1. The van der Waals surface area contributed by atoms with Gasteiger partial charge in [0, 0.05) is 37.7 Å². The zero-order valence-corrected chi connectivity index (χ0v) is 15.0. The third-order valence-electron chi connectivity index (χ3n) is 4.67. The molecule has 0 aromatic heterocycles. The van der Waals surface area contributed by atoms with E-state index < -0.39 is 10.2 Å². The minimum atomic E-state index is -3.44. The van der Waals surface area contributed by atoms with Gasteiger partial charge in [-0.05, 0) is 36.5 Å². The molecule has 0 radical (unpaired) electrons. The van der Waals surface area contributed by atoms with Crippen molar-refractivity contribution < 1.29 is 8.42 Å². The molecule has 1 N–H and O–H groups in total. The van der Waals surface area contributed by atoms with Gasteiger partial charge < -0.3 is 5.32 Å². The average Bonchev–Trinajstić information content (AvgIpc) is 2.55. The molecule has 0 amide bonds. The van der Waals surface area contributed by atoms with Crippen LogP contribution in [0.3, 0.4) is 0 Å². The molecule has 2 saturated heterocycles. The molecule has 2 aliphatic heterocycles. The highest BCUT2D eigenvalue weighted by Crippen LogP contribution is 2.30. The molecule has 7 heteroatoms. The van der Waals surface area contributed by atoms with Crippen molar-refractivity contribution in [1.29, 1.82) is 0 Å². The third-order valence-corrected chi connectivity index (χ3v) is 6.92. The first-order valence-corrected chi connectivity index (χ1v) is 9.99. The van der Waals surface area contributed by atoms with Gasteiger partial charge in [0.1, 0.15) is 0 Å². The highest BCUT2D eigenvalue weighted by Gasteiger charge is 2.38. The van der Waals surface area contributed by atoms with Gasteiger partial charge in [-0.15, -0.1) is 0 Å². The molecule has 128 valence electrons. The van der Waals surface area contributed by atoms with E-state index in [2.05, 4.69) is 12.2 Å². The van der Waals surface area contributed by atoms with E-state index in [1.54, 1.807) is 8.61 Å². The number of piperazine rings is 1. The largest absolute Gasteiger partial charge is 0.313 e. The summed E-state index contributed by atoms with van der Waals surface area (Å²) in [6, 6.07) is 7.29. The number of benzene rings is 1. The van der Waals surface area contributed by atoms with Crippen molar-refractivity contribution >= 4 is 21.8 Å². The predicted molar refractivity (Wildman–Crippen MR) is 92.7 cm³/mol. The van der Waals surface area contributed by atoms with Crippen LogP contribution in [-0.4, -0.2) is 49.8 Å². The lowest BCUT2D eigenvalue weighted by Gasteiger charge is -2.40. The van der Waals surface area contributed by atoms with Crippen molar-refractivity contribution in [2.75, 3.05) is 32.7 Å². The van der Waals surface area contributed by atoms with Crippen LogP contribution in [-0.2, 0) is 10.2 Å². The van der Waals surface area contributed by atoms with Crippen LogP contribution in [0.25, 0.3) is 0 Å². The maximum Gasteiger partial charge on any atom is 0.282 e. The third kappa shape index (κ3) is 3.72. The number of halogens is 1. The lowest BCUT2D eigenvalue weighted by molar-refractivity contribution is 0.220. The lowest BCUT2D eigenvalue weighted by atomic mass is 10.0. The molecular weight excluding hydrogens is 334 g/mol. The number of rotatable bonds is 3. The van der Waals surface area contributed by atoms with Crippen LogP contribution in [0.2, 0.25) is 5.02 Å². The Morgan fingerprint density at radius 1 is 1.30 bits per heavy atom. The van der Waals surface area contributed by atoms with E-state index in [1.165, 1.54) is 0 Å². The van der Waals surface area contributed by atoms with Crippen LogP contribution in [0.15, 0.2) is 24.3 Å². The monoisotopic (exact) mass is 357 g/mol. The van der Waals surface area contributed by atoms with Crippen molar-refractivity contribution in [3.8, 4) is 0 Å². The first kappa shape index (κ1) is 17.2. The topological polar surface area (TPSA) is 52.7 Å². The van der Waals surface area contributed by atoms with E-state index in [0.717, 1.165) is 18.4 Å². The number of hydrogen-bond acceptors (Lipinski definition) is 3. The second-order valence-electron chi connectivity index (χ2n) is 6.50. The molecule has 0 bridgehead atoms. The van der Waals surface area contributed by atoms with Gasteiger partial charge in [0.25, 0.3) is 10.2 Å². The second kappa shape index (κ2) is 7.07. The smallest absolute Gasteiger partial charge is 0.282 e. The molecular formula is C16H24ClN3O2S. The summed E-state index contributed by atoms with van der Waals surface area (Å²) in [5.41, 5.74) is 0.943. The zero-order valence-electron chi connectivity index (χ0n) is 13.4. The van der Waals surface area contributed by atoms with Gasteiger partial charge in [0.2, 0.25) is 0 Å². The quantitative estimate of drug-likeness (QED) is 0.902. The maximum atomic E-state index is 13.1. The highest BCUT2D eigenvalue weighted by molar-refractivity contribution is 7.86. The summed E-state index contributed by atoms with van der Waals surface area (Å²) in [5, 5.41) is 3.93. The molecule has 0 aliphatic carbocycles. The fourth-order valence-corrected chi connectivity index (χ4v) is 5.60. The van der Waals surface area contributed by atoms with Crippen molar-refractivity contribution in [2.45, 2.75) is 25.8 Å². The van der Waals surface area contributed by atoms with Crippen molar-refractivity contribution in [3.05, 3.63) is 34.9 Å². The van der Waals surface area contributed by atoms with Gasteiger partial charge in [-0.1, -0.05) is 30.7 Å². The number of nitrogens with zero attached hydrogens (tertiary/aromatic N) is 2. The summed E-state index contributed by atoms with van der Waals surface area (Å²) in [5.74, 6) is 0.422.